The van der Waals surface area contributed by atoms with Crippen molar-refractivity contribution in [2.45, 2.75) is 12.0 Å². The minimum Gasteiger partial charge on any atom is -0.549 e. The van der Waals surface area contributed by atoms with Gasteiger partial charge in [-0.25, -0.2) is 4.98 Å². The zero-order valence-corrected chi connectivity index (χ0v) is 22.5. The zero-order chi connectivity index (χ0) is 25.9. The van der Waals surface area contributed by atoms with E-state index in [1.165, 1.54) is 6.33 Å². The third kappa shape index (κ3) is 10.4. The topological polar surface area (TPSA) is 197 Å². The van der Waals surface area contributed by atoms with Crippen LogP contribution >= 0.6 is 0 Å². The van der Waals surface area contributed by atoms with Crippen molar-refractivity contribution in [2.75, 3.05) is 65.4 Å². The van der Waals surface area contributed by atoms with Crippen LogP contribution in [-0.2, 0) is 14.4 Å². The van der Waals surface area contributed by atoms with Crippen molar-refractivity contribution in [1.29, 1.82) is 0 Å². The summed E-state index contributed by atoms with van der Waals surface area (Å²) in [7, 11) is 0. The van der Waals surface area contributed by atoms with E-state index in [-0.39, 0.29) is 82.1 Å². The molecule has 2 unspecified atom stereocenters. The van der Waals surface area contributed by atoms with Crippen LogP contribution in [0.15, 0.2) is 30.7 Å². The van der Waals surface area contributed by atoms with E-state index in [1.807, 2.05) is 0 Å². The molecule has 2 N–H and O–H groups in total. The number of hydrogen-bond donors (Lipinski definition) is 2. The van der Waals surface area contributed by atoms with Crippen molar-refractivity contribution in [3.8, 4) is 0 Å². The summed E-state index contributed by atoms with van der Waals surface area (Å²) in [4.78, 5) is 48.3. The Morgan fingerprint density at radius 1 is 0.919 bits per heavy atom. The van der Waals surface area contributed by atoms with Crippen molar-refractivity contribution in [2.24, 2.45) is 0 Å². The SMILES string of the molecule is O=C([O-])CN1CCNCCN(CC(=O)[O-])CC(C(c2ccccn2)c2ncn[nH]2)N(CC(=O)[O-])CC1.[Eu+3]. The minimum atomic E-state index is -1.33. The van der Waals surface area contributed by atoms with Crippen molar-refractivity contribution in [3.63, 3.8) is 0 Å². The summed E-state index contributed by atoms with van der Waals surface area (Å²) in [5.41, 5.74) is 0.577. The fraction of sp³-hybridized carbons (Fsp3) is 0.545. The van der Waals surface area contributed by atoms with Gasteiger partial charge in [-0.15, -0.1) is 0 Å². The molecule has 1 aliphatic rings. The molecule has 200 valence electrons. The standard InChI is InChI=1S/C22H32N8O6.Eu/c31-18(32)12-28-7-5-23-6-8-29(13-19(33)34)11-17(30(10-9-28)14-20(35)36)21(22-25-15-26-27-22)16-3-1-2-4-24-16;/h1-4,15,17,21,23H,5-14H2,(H,31,32)(H,33,34)(H,35,36)(H,25,26,27);/q;+3/p-3. The van der Waals surface area contributed by atoms with Crippen LogP contribution in [0.4, 0.5) is 0 Å². The zero-order valence-electron chi connectivity index (χ0n) is 20.1. The molecule has 2 aromatic rings. The Hall–Kier alpha value is -1.88. The molecule has 2 aromatic heterocycles. The number of aromatic nitrogens is 4. The van der Waals surface area contributed by atoms with Crippen molar-refractivity contribution in [3.05, 3.63) is 42.2 Å². The maximum atomic E-state index is 11.8. The molecule has 2 atom stereocenters. The molecule has 0 radical (unpaired) electrons. The van der Waals surface area contributed by atoms with Gasteiger partial charge in [0.2, 0.25) is 0 Å². The second-order valence-corrected chi connectivity index (χ2v) is 8.52. The van der Waals surface area contributed by atoms with Crippen LogP contribution in [0, 0.1) is 49.4 Å². The van der Waals surface area contributed by atoms with Gasteiger partial charge in [-0.1, -0.05) is 6.07 Å². The third-order valence-electron chi connectivity index (χ3n) is 5.98. The number of hydrogen-bond acceptors (Lipinski definition) is 13. The van der Waals surface area contributed by atoms with Crippen LogP contribution in [0.5, 0.6) is 0 Å². The Morgan fingerprint density at radius 3 is 2.19 bits per heavy atom. The van der Waals surface area contributed by atoms with Crippen LogP contribution < -0.4 is 20.6 Å². The first-order valence-corrected chi connectivity index (χ1v) is 11.6. The molecule has 37 heavy (non-hydrogen) atoms. The van der Waals surface area contributed by atoms with E-state index >= 15 is 0 Å². The van der Waals surface area contributed by atoms with Crippen molar-refractivity contribution < 1.29 is 79.1 Å². The van der Waals surface area contributed by atoms with Crippen LogP contribution in [0.25, 0.3) is 0 Å². The average molecular weight is 653 g/mol. The molecular weight excluding hydrogens is 624 g/mol. The smallest absolute Gasteiger partial charge is 0.549 e. The number of nitrogens with zero attached hydrogens (tertiary/aromatic N) is 6. The Balaban J connectivity index is 0.00000481. The van der Waals surface area contributed by atoms with E-state index in [0.717, 1.165) is 0 Å². The van der Waals surface area contributed by atoms with Crippen LogP contribution in [-0.4, -0.2) is 124 Å². The van der Waals surface area contributed by atoms with Crippen molar-refractivity contribution in [1.82, 2.24) is 40.2 Å². The van der Waals surface area contributed by atoms with Gasteiger partial charge in [0.05, 0.1) is 29.5 Å². The van der Waals surface area contributed by atoms with E-state index in [1.54, 1.807) is 39.1 Å². The molecule has 1 aliphatic heterocycles. The number of rotatable bonds is 9. The largest absolute Gasteiger partial charge is 3.00 e. The number of carbonyl (C=O) groups excluding carboxylic acids is 3. The average Bonchev–Trinajstić information content (AvgIpc) is 3.34. The van der Waals surface area contributed by atoms with Gasteiger partial charge in [-0.2, -0.15) is 5.10 Å². The third-order valence-corrected chi connectivity index (χ3v) is 5.98. The number of aromatic amines is 1. The number of aliphatic carboxylic acids is 3. The molecular formula is C22H29EuN8O6. The van der Waals surface area contributed by atoms with E-state index < -0.39 is 36.4 Å². The number of H-pyrrole nitrogens is 1. The van der Waals surface area contributed by atoms with Gasteiger partial charge in [0.25, 0.3) is 0 Å². The van der Waals surface area contributed by atoms with Gasteiger partial charge in [0.1, 0.15) is 12.2 Å². The second-order valence-electron chi connectivity index (χ2n) is 8.52. The second kappa shape index (κ2) is 16.2. The molecule has 1 saturated heterocycles. The molecule has 3 heterocycles. The molecule has 15 heteroatoms. The van der Waals surface area contributed by atoms with Gasteiger partial charge in [-0.3, -0.25) is 24.8 Å². The van der Waals surface area contributed by atoms with Gasteiger partial charge in [0, 0.05) is 77.7 Å². The Labute approximate surface area is 255 Å². The number of carboxylic acids is 3. The fourth-order valence-corrected chi connectivity index (χ4v) is 4.41. The molecule has 0 bridgehead atoms. The molecule has 0 aromatic carbocycles. The van der Waals surface area contributed by atoms with Gasteiger partial charge in [0.15, 0.2) is 0 Å². The number of nitrogens with one attached hydrogen (secondary N) is 2. The fourth-order valence-electron chi connectivity index (χ4n) is 4.41. The van der Waals surface area contributed by atoms with Gasteiger partial charge >= 0.3 is 49.4 Å². The molecule has 0 amide bonds. The maximum absolute atomic E-state index is 11.8. The maximum Gasteiger partial charge on any atom is 3.00 e. The normalized spacial score (nSPS) is 19.6. The number of carbonyl (C=O) groups is 3. The van der Waals surface area contributed by atoms with Crippen molar-refractivity contribution >= 4 is 17.9 Å². The van der Waals surface area contributed by atoms with E-state index in [9.17, 15) is 29.7 Å². The number of carboxylic acid groups (broad SMARTS) is 3. The molecule has 3 rings (SSSR count). The van der Waals surface area contributed by atoms with E-state index in [0.29, 0.717) is 37.7 Å². The summed E-state index contributed by atoms with van der Waals surface area (Å²) >= 11 is 0. The number of pyridine rings is 1. The summed E-state index contributed by atoms with van der Waals surface area (Å²) in [5.74, 6) is -4.02. The van der Waals surface area contributed by atoms with Crippen LogP contribution in [0.3, 0.4) is 0 Å². The summed E-state index contributed by atoms with van der Waals surface area (Å²) in [5, 5.41) is 44.6. The summed E-state index contributed by atoms with van der Waals surface area (Å²) < 4.78 is 0. The first-order valence-electron chi connectivity index (χ1n) is 11.6. The van der Waals surface area contributed by atoms with Crippen LogP contribution in [0.1, 0.15) is 17.4 Å². The predicted octanol–water partition coefficient (Wildman–Crippen LogP) is -5.54. The van der Waals surface area contributed by atoms with E-state index in [4.69, 9.17) is 0 Å². The first-order chi connectivity index (χ1) is 17.3. The van der Waals surface area contributed by atoms with Gasteiger partial charge < -0.3 is 35.0 Å². The molecule has 1 fully saturated rings. The Bertz CT molecular complexity index is 983. The quantitative estimate of drug-likeness (QED) is 0.260. The molecule has 14 nitrogen and oxygen atoms in total. The summed E-state index contributed by atoms with van der Waals surface area (Å²) in [6, 6.07) is 4.66. The van der Waals surface area contributed by atoms with E-state index in [2.05, 4.69) is 25.5 Å². The first kappa shape index (κ1) is 31.3. The minimum absolute atomic E-state index is 0. The monoisotopic (exact) mass is 654 g/mol. The van der Waals surface area contributed by atoms with Gasteiger partial charge in [-0.05, 0) is 12.1 Å². The summed E-state index contributed by atoms with van der Waals surface area (Å²) in [6.07, 6.45) is 2.93. The predicted molar refractivity (Wildman–Crippen MR) is 119 cm³/mol. The van der Waals surface area contributed by atoms with Crippen LogP contribution in [0.2, 0.25) is 0 Å². The Morgan fingerprint density at radius 2 is 1.59 bits per heavy atom. The molecule has 0 aliphatic carbocycles. The Kier molecular flexibility index (Phi) is 13.7. The molecule has 0 spiro atoms. The summed E-state index contributed by atoms with van der Waals surface area (Å²) in [6.45, 7) is 0.965. The molecule has 0 saturated carbocycles.